The molecule has 0 spiro atoms. The maximum Gasteiger partial charge on any atom is 0.227 e. The first kappa shape index (κ1) is 11.2. The number of carbonyl (C=O) groups excluding carboxylic acids is 1. The highest BCUT2D eigenvalue weighted by Crippen LogP contribution is 2.37. The van der Waals surface area contributed by atoms with Gasteiger partial charge in [0.2, 0.25) is 5.91 Å². The van der Waals surface area contributed by atoms with Crippen molar-refractivity contribution in [3.63, 3.8) is 0 Å². The molecule has 0 aliphatic heterocycles. The number of nitrogens with zero attached hydrogens (tertiary/aromatic N) is 1. The van der Waals surface area contributed by atoms with Crippen LogP contribution in [0.1, 0.15) is 19.8 Å². The van der Waals surface area contributed by atoms with Crippen molar-refractivity contribution in [3.05, 3.63) is 36.5 Å². The second-order valence-corrected chi connectivity index (χ2v) is 5.00. The lowest BCUT2D eigenvalue weighted by Gasteiger charge is -2.12. The first-order valence-corrected chi connectivity index (χ1v) is 6.40. The number of para-hydroxylation sites is 1. The normalized spacial score (nSPS) is 16.5. The third-order valence-electron chi connectivity index (χ3n) is 3.63. The summed E-state index contributed by atoms with van der Waals surface area (Å²) in [5.74, 6) is 0.785. The standard InChI is InChI=1S/C15H16N2O/c1-10(11-7-8-11)15(18)17-13-6-2-4-12-5-3-9-16-14(12)13/h2-6,9-11H,7-8H2,1H3,(H,17,18). The summed E-state index contributed by atoms with van der Waals surface area (Å²) in [5.41, 5.74) is 1.67. The van der Waals surface area contributed by atoms with Gasteiger partial charge in [-0.3, -0.25) is 9.78 Å². The molecule has 0 bridgehead atoms. The average Bonchev–Trinajstić information content (AvgIpc) is 3.22. The third kappa shape index (κ3) is 2.08. The van der Waals surface area contributed by atoms with Gasteiger partial charge in [0.05, 0.1) is 11.2 Å². The van der Waals surface area contributed by atoms with E-state index < -0.39 is 0 Å². The van der Waals surface area contributed by atoms with E-state index in [4.69, 9.17) is 0 Å². The number of aromatic nitrogens is 1. The topological polar surface area (TPSA) is 42.0 Å². The summed E-state index contributed by atoms with van der Waals surface area (Å²) in [6, 6.07) is 9.76. The van der Waals surface area contributed by atoms with Gasteiger partial charge in [-0.2, -0.15) is 0 Å². The van der Waals surface area contributed by atoms with E-state index >= 15 is 0 Å². The monoisotopic (exact) mass is 240 g/mol. The van der Waals surface area contributed by atoms with Crippen LogP contribution in [0.15, 0.2) is 36.5 Å². The van der Waals surface area contributed by atoms with E-state index in [1.54, 1.807) is 6.20 Å². The van der Waals surface area contributed by atoms with E-state index in [1.807, 2.05) is 37.3 Å². The van der Waals surface area contributed by atoms with Crippen LogP contribution in [-0.4, -0.2) is 10.9 Å². The van der Waals surface area contributed by atoms with Crippen molar-refractivity contribution in [1.82, 2.24) is 4.98 Å². The Hall–Kier alpha value is -1.90. The molecule has 0 radical (unpaired) electrons. The van der Waals surface area contributed by atoms with Crippen LogP contribution in [0, 0.1) is 11.8 Å². The van der Waals surface area contributed by atoms with Crippen LogP contribution in [0.3, 0.4) is 0 Å². The third-order valence-corrected chi connectivity index (χ3v) is 3.63. The van der Waals surface area contributed by atoms with Crippen molar-refractivity contribution in [2.24, 2.45) is 11.8 Å². The van der Waals surface area contributed by atoms with Crippen molar-refractivity contribution in [3.8, 4) is 0 Å². The molecule has 0 saturated heterocycles. The zero-order valence-corrected chi connectivity index (χ0v) is 10.4. The van der Waals surface area contributed by atoms with Gasteiger partial charge in [-0.05, 0) is 30.9 Å². The maximum atomic E-state index is 12.1. The molecule has 1 saturated carbocycles. The van der Waals surface area contributed by atoms with Gasteiger partial charge in [0.15, 0.2) is 0 Å². The lowest BCUT2D eigenvalue weighted by molar-refractivity contribution is -0.119. The van der Waals surface area contributed by atoms with E-state index in [2.05, 4.69) is 10.3 Å². The molecular formula is C15H16N2O. The summed E-state index contributed by atoms with van der Waals surface area (Å²) in [7, 11) is 0. The number of fused-ring (bicyclic) bond motifs is 1. The van der Waals surface area contributed by atoms with E-state index in [0.717, 1.165) is 16.6 Å². The fourth-order valence-electron chi connectivity index (χ4n) is 2.26. The Balaban J connectivity index is 1.87. The van der Waals surface area contributed by atoms with Crippen molar-refractivity contribution < 1.29 is 4.79 Å². The summed E-state index contributed by atoms with van der Waals surface area (Å²) in [5, 5.41) is 4.05. The minimum atomic E-state index is 0.101. The lowest BCUT2D eigenvalue weighted by atomic mass is 10.1. The van der Waals surface area contributed by atoms with Crippen molar-refractivity contribution in [2.45, 2.75) is 19.8 Å². The number of carbonyl (C=O) groups is 1. The predicted octanol–water partition coefficient (Wildman–Crippen LogP) is 3.22. The van der Waals surface area contributed by atoms with Gasteiger partial charge in [-0.25, -0.2) is 0 Å². The van der Waals surface area contributed by atoms with Crippen LogP contribution < -0.4 is 5.32 Å². The lowest BCUT2D eigenvalue weighted by Crippen LogP contribution is -2.22. The van der Waals surface area contributed by atoms with Gasteiger partial charge in [-0.1, -0.05) is 25.1 Å². The highest BCUT2D eigenvalue weighted by atomic mass is 16.1. The number of pyridine rings is 1. The number of benzene rings is 1. The SMILES string of the molecule is CC(C(=O)Nc1cccc2cccnc12)C1CC1. The van der Waals surface area contributed by atoms with Crippen LogP contribution in [0.5, 0.6) is 0 Å². The van der Waals surface area contributed by atoms with Crippen LogP contribution in [0.25, 0.3) is 10.9 Å². The molecule has 18 heavy (non-hydrogen) atoms. The molecule has 3 rings (SSSR count). The van der Waals surface area contributed by atoms with Crippen molar-refractivity contribution in [1.29, 1.82) is 0 Å². The van der Waals surface area contributed by atoms with Gasteiger partial charge >= 0.3 is 0 Å². The van der Waals surface area contributed by atoms with Gasteiger partial charge < -0.3 is 5.32 Å². The summed E-state index contributed by atoms with van der Waals surface area (Å²) >= 11 is 0. The molecule has 2 aromatic rings. The minimum Gasteiger partial charge on any atom is -0.324 e. The maximum absolute atomic E-state index is 12.1. The molecule has 1 aliphatic rings. The Morgan fingerprint density at radius 3 is 2.89 bits per heavy atom. The van der Waals surface area contributed by atoms with E-state index in [9.17, 15) is 4.79 Å². The number of nitrogens with one attached hydrogen (secondary N) is 1. The fourth-order valence-corrected chi connectivity index (χ4v) is 2.26. The Kier molecular flexibility index (Phi) is 2.74. The molecule has 3 nitrogen and oxygen atoms in total. The zero-order chi connectivity index (χ0) is 12.5. The van der Waals surface area contributed by atoms with E-state index in [0.29, 0.717) is 5.92 Å². The van der Waals surface area contributed by atoms with Crippen LogP contribution in [0.2, 0.25) is 0 Å². The second kappa shape index (κ2) is 4.41. The minimum absolute atomic E-state index is 0.101. The number of anilines is 1. The Morgan fingerprint density at radius 1 is 1.33 bits per heavy atom. The summed E-state index contributed by atoms with van der Waals surface area (Å²) < 4.78 is 0. The number of hydrogen-bond donors (Lipinski definition) is 1. The molecule has 1 unspecified atom stereocenters. The molecule has 3 heteroatoms. The zero-order valence-electron chi connectivity index (χ0n) is 10.4. The quantitative estimate of drug-likeness (QED) is 0.895. The number of hydrogen-bond acceptors (Lipinski definition) is 2. The van der Waals surface area contributed by atoms with E-state index in [-0.39, 0.29) is 11.8 Å². The Morgan fingerprint density at radius 2 is 2.11 bits per heavy atom. The number of amides is 1. The van der Waals surface area contributed by atoms with Gasteiger partial charge in [0, 0.05) is 17.5 Å². The molecule has 1 aliphatic carbocycles. The molecule has 1 aromatic carbocycles. The molecular weight excluding hydrogens is 224 g/mol. The van der Waals surface area contributed by atoms with Crippen LogP contribution in [-0.2, 0) is 4.79 Å². The van der Waals surface area contributed by atoms with Gasteiger partial charge in [0.1, 0.15) is 0 Å². The van der Waals surface area contributed by atoms with Gasteiger partial charge in [-0.15, -0.1) is 0 Å². The second-order valence-electron chi connectivity index (χ2n) is 5.00. The largest absolute Gasteiger partial charge is 0.324 e. The van der Waals surface area contributed by atoms with Crippen molar-refractivity contribution in [2.75, 3.05) is 5.32 Å². The Bertz CT molecular complexity index is 585. The first-order valence-electron chi connectivity index (χ1n) is 6.40. The molecule has 92 valence electrons. The molecule has 1 fully saturated rings. The predicted molar refractivity (Wildman–Crippen MR) is 72.3 cm³/mol. The summed E-state index contributed by atoms with van der Waals surface area (Å²) in [4.78, 5) is 16.4. The highest BCUT2D eigenvalue weighted by Gasteiger charge is 2.32. The highest BCUT2D eigenvalue weighted by molar-refractivity contribution is 6.01. The smallest absolute Gasteiger partial charge is 0.227 e. The van der Waals surface area contributed by atoms with Gasteiger partial charge in [0.25, 0.3) is 0 Å². The Labute approximate surface area is 106 Å². The van der Waals surface area contributed by atoms with Crippen LogP contribution in [0.4, 0.5) is 5.69 Å². The van der Waals surface area contributed by atoms with Crippen molar-refractivity contribution >= 4 is 22.5 Å². The first-order chi connectivity index (χ1) is 8.75. The summed E-state index contributed by atoms with van der Waals surface area (Å²) in [6.07, 6.45) is 4.12. The molecule has 1 N–H and O–H groups in total. The molecule has 1 heterocycles. The molecule has 1 aromatic heterocycles. The average molecular weight is 240 g/mol. The summed E-state index contributed by atoms with van der Waals surface area (Å²) in [6.45, 7) is 2.01. The van der Waals surface area contributed by atoms with E-state index in [1.165, 1.54) is 12.8 Å². The molecule has 1 atom stereocenters. The van der Waals surface area contributed by atoms with Crippen LogP contribution >= 0.6 is 0 Å². The fraction of sp³-hybridized carbons (Fsp3) is 0.333. The molecule has 1 amide bonds. The number of rotatable bonds is 3.